The molecule has 1 saturated heterocycles. The van der Waals surface area contributed by atoms with Gasteiger partial charge in [0.15, 0.2) is 5.78 Å². The van der Waals surface area contributed by atoms with Crippen LogP contribution in [0.1, 0.15) is 31.2 Å². The van der Waals surface area contributed by atoms with Gasteiger partial charge in [-0.3, -0.25) is 19.3 Å². The molecule has 2 atom stereocenters. The number of likely N-dealkylation sites (tertiary alicyclic amines) is 1. The average molecular weight is 342 g/mol. The van der Waals surface area contributed by atoms with Crippen molar-refractivity contribution in [2.24, 2.45) is 0 Å². The fraction of sp³-hybridized carbons (Fsp3) is 0.421. The van der Waals surface area contributed by atoms with Crippen molar-refractivity contribution in [3.05, 3.63) is 41.5 Å². The predicted molar refractivity (Wildman–Crippen MR) is 92.8 cm³/mol. The average Bonchev–Trinajstić information content (AvgIpc) is 3.12. The van der Waals surface area contributed by atoms with Crippen molar-refractivity contribution in [2.75, 3.05) is 13.6 Å². The van der Waals surface area contributed by atoms with Crippen LogP contribution in [-0.4, -0.2) is 53.3 Å². The summed E-state index contributed by atoms with van der Waals surface area (Å²) in [6, 6.07) is 8.90. The Morgan fingerprint density at radius 1 is 1.24 bits per heavy atom. The Morgan fingerprint density at radius 3 is 2.60 bits per heavy atom. The number of benzene rings is 1. The fourth-order valence-electron chi connectivity index (χ4n) is 3.70. The van der Waals surface area contributed by atoms with Crippen LogP contribution in [-0.2, 0) is 14.4 Å². The van der Waals surface area contributed by atoms with E-state index in [1.165, 1.54) is 0 Å². The number of ketones is 1. The number of amides is 1. The molecule has 0 spiro atoms. The minimum atomic E-state index is -0.876. The summed E-state index contributed by atoms with van der Waals surface area (Å²) in [5.74, 6) is -1.07. The number of carbonyl (C=O) groups is 3. The van der Waals surface area contributed by atoms with Crippen LogP contribution in [0, 0.1) is 0 Å². The van der Waals surface area contributed by atoms with Gasteiger partial charge in [-0.15, -0.1) is 0 Å². The van der Waals surface area contributed by atoms with E-state index < -0.39 is 12.0 Å². The summed E-state index contributed by atoms with van der Waals surface area (Å²) in [5.41, 5.74) is 2.53. The Balaban J connectivity index is 1.68. The van der Waals surface area contributed by atoms with E-state index in [4.69, 9.17) is 5.11 Å². The van der Waals surface area contributed by atoms with E-state index >= 15 is 0 Å². The summed E-state index contributed by atoms with van der Waals surface area (Å²) in [6.07, 6.45) is 1.55. The zero-order chi connectivity index (χ0) is 18.0. The molecule has 6 heteroatoms. The Bertz CT molecular complexity index is 726. The second-order valence-corrected chi connectivity index (χ2v) is 6.72. The third kappa shape index (κ3) is 3.79. The van der Waals surface area contributed by atoms with Crippen molar-refractivity contribution in [3.63, 3.8) is 0 Å². The van der Waals surface area contributed by atoms with Gasteiger partial charge in [-0.2, -0.15) is 0 Å². The van der Waals surface area contributed by atoms with E-state index in [9.17, 15) is 14.4 Å². The molecular weight excluding hydrogens is 320 g/mol. The maximum Gasteiger partial charge on any atom is 0.320 e. The van der Waals surface area contributed by atoms with Crippen LogP contribution in [0.3, 0.4) is 0 Å². The summed E-state index contributed by atoms with van der Waals surface area (Å²) in [7, 11) is 1.74. The number of likely N-dealkylation sites (N-methyl/N-ethyl adjacent to an activating group) is 1. The molecule has 1 aliphatic carbocycles. The van der Waals surface area contributed by atoms with Gasteiger partial charge in [0.2, 0.25) is 5.91 Å². The van der Waals surface area contributed by atoms with Crippen LogP contribution in [0.2, 0.25) is 0 Å². The number of nitrogens with zero attached hydrogens (tertiary/aromatic N) is 1. The van der Waals surface area contributed by atoms with E-state index in [0.29, 0.717) is 31.4 Å². The molecular formula is C19H22N2O4. The number of hydrogen-bond acceptors (Lipinski definition) is 4. The van der Waals surface area contributed by atoms with Gasteiger partial charge in [0.25, 0.3) is 0 Å². The van der Waals surface area contributed by atoms with Crippen LogP contribution in [0.4, 0.5) is 0 Å². The first-order valence-electron chi connectivity index (χ1n) is 8.48. The number of Topliss-reactive ketones (excluding diaryl/α,β-unsaturated/α-hetero) is 1. The van der Waals surface area contributed by atoms with Crippen LogP contribution in [0.25, 0.3) is 5.57 Å². The molecule has 1 aromatic carbocycles. The molecule has 1 aliphatic heterocycles. The number of rotatable bonds is 5. The Labute approximate surface area is 146 Å². The highest BCUT2D eigenvalue weighted by Gasteiger charge is 2.35. The first-order chi connectivity index (χ1) is 12.0. The molecule has 0 aromatic heterocycles. The lowest BCUT2D eigenvalue weighted by molar-refractivity contribution is -0.141. The summed E-state index contributed by atoms with van der Waals surface area (Å²) in [6.45, 7) is 0.501. The smallest absolute Gasteiger partial charge is 0.320 e. The minimum Gasteiger partial charge on any atom is -0.480 e. The van der Waals surface area contributed by atoms with Crippen LogP contribution in [0.15, 0.2) is 35.9 Å². The second-order valence-electron chi connectivity index (χ2n) is 6.72. The second kappa shape index (κ2) is 7.19. The third-order valence-electron chi connectivity index (χ3n) is 4.96. The molecule has 25 heavy (non-hydrogen) atoms. The van der Waals surface area contributed by atoms with Gasteiger partial charge < -0.3 is 10.4 Å². The normalized spacial score (nSPS) is 24.0. The molecule has 1 aromatic rings. The Kier molecular flexibility index (Phi) is 4.99. The molecule has 6 nitrogen and oxygen atoms in total. The van der Waals surface area contributed by atoms with Gasteiger partial charge >= 0.3 is 5.97 Å². The van der Waals surface area contributed by atoms with Crippen LogP contribution >= 0.6 is 0 Å². The largest absolute Gasteiger partial charge is 0.480 e. The van der Waals surface area contributed by atoms with Crippen LogP contribution in [0.5, 0.6) is 0 Å². The van der Waals surface area contributed by atoms with Crippen molar-refractivity contribution < 1.29 is 19.5 Å². The van der Waals surface area contributed by atoms with Gasteiger partial charge in [-0.1, -0.05) is 30.3 Å². The van der Waals surface area contributed by atoms with Crippen LogP contribution < -0.4 is 5.32 Å². The summed E-state index contributed by atoms with van der Waals surface area (Å²) >= 11 is 0. The van der Waals surface area contributed by atoms with Crippen molar-refractivity contribution in [1.29, 1.82) is 0 Å². The molecule has 1 fully saturated rings. The minimum absolute atomic E-state index is 0.0287. The predicted octanol–water partition coefficient (Wildman–Crippen LogP) is 1.47. The standard InChI is InChI=1S/C19H22N2O4/c1-21-11-13(9-16(21)19(24)25)20-18(23)10-15-14(7-8-17(15)22)12-5-3-2-4-6-12/h2-6,13,16H,7-11H2,1H3,(H,20,23)(H,24,25)/t13-,16+/m1/s1. The molecule has 2 aliphatic rings. The zero-order valence-corrected chi connectivity index (χ0v) is 14.2. The maximum atomic E-state index is 12.4. The number of nitrogens with one attached hydrogen (secondary N) is 1. The Morgan fingerprint density at radius 2 is 1.96 bits per heavy atom. The molecule has 1 heterocycles. The quantitative estimate of drug-likeness (QED) is 0.846. The highest BCUT2D eigenvalue weighted by atomic mass is 16.4. The van der Waals surface area contributed by atoms with E-state index in [2.05, 4.69) is 5.32 Å². The van der Waals surface area contributed by atoms with Gasteiger partial charge in [0.05, 0.1) is 6.42 Å². The molecule has 0 radical (unpaired) electrons. The number of carbonyl (C=O) groups excluding carboxylic acids is 2. The fourth-order valence-corrected chi connectivity index (χ4v) is 3.70. The lowest BCUT2D eigenvalue weighted by Crippen LogP contribution is -2.36. The molecule has 132 valence electrons. The number of allylic oxidation sites excluding steroid dienone is 1. The van der Waals surface area contributed by atoms with E-state index in [0.717, 1.165) is 11.1 Å². The lowest BCUT2D eigenvalue weighted by Gasteiger charge is -2.14. The molecule has 2 N–H and O–H groups in total. The molecule has 0 unspecified atom stereocenters. The van der Waals surface area contributed by atoms with Gasteiger partial charge in [-0.25, -0.2) is 0 Å². The summed E-state index contributed by atoms with van der Waals surface area (Å²) < 4.78 is 0. The first-order valence-corrected chi connectivity index (χ1v) is 8.48. The highest BCUT2D eigenvalue weighted by molar-refractivity contribution is 6.10. The summed E-state index contributed by atoms with van der Waals surface area (Å²) in [4.78, 5) is 37.5. The van der Waals surface area contributed by atoms with Crippen molar-refractivity contribution >= 4 is 23.2 Å². The van der Waals surface area contributed by atoms with E-state index in [1.807, 2.05) is 30.3 Å². The molecule has 0 saturated carbocycles. The van der Waals surface area contributed by atoms with Gasteiger partial charge in [0, 0.05) is 24.6 Å². The number of carboxylic acids is 1. The summed E-state index contributed by atoms with van der Waals surface area (Å²) in [5, 5.41) is 12.0. The van der Waals surface area contributed by atoms with Gasteiger partial charge in [0.1, 0.15) is 6.04 Å². The van der Waals surface area contributed by atoms with Crippen molar-refractivity contribution in [3.8, 4) is 0 Å². The zero-order valence-electron chi connectivity index (χ0n) is 14.2. The topological polar surface area (TPSA) is 86.7 Å². The molecule has 3 rings (SSSR count). The van der Waals surface area contributed by atoms with Crippen molar-refractivity contribution in [2.45, 2.75) is 37.8 Å². The lowest BCUT2D eigenvalue weighted by atomic mass is 10.00. The highest BCUT2D eigenvalue weighted by Crippen LogP contribution is 2.33. The van der Waals surface area contributed by atoms with E-state index in [1.54, 1.807) is 11.9 Å². The van der Waals surface area contributed by atoms with Crippen molar-refractivity contribution in [1.82, 2.24) is 10.2 Å². The monoisotopic (exact) mass is 342 g/mol. The van der Waals surface area contributed by atoms with E-state index in [-0.39, 0.29) is 24.2 Å². The molecule has 1 amide bonds. The SMILES string of the molecule is CN1C[C@H](NC(=O)CC2=C(c3ccccc3)CCC2=O)C[C@H]1C(=O)O. The molecule has 0 bridgehead atoms. The number of hydrogen-bond donors (Lipinski definition) is 2. The number of carboxylic acid groups (broad SMARTS) is 1. The third-order valence-corrected chi connectivity index (χ3v) is 4.96. The Hall–Kier alpha value is -2.47. The first kappa shape index (κ1) is 17.4. The number of aliphatic carboxylic acids is 1. The van der Waals surface area contributed by atoms with Gasteiger partial charge in [-0.05, 0) is 31.0 Å². The maximum absolute atomic E-state index is 12.4.